The lowest BCUT2D eigenvalue weighted by Gasteiger charge is -2.34. The lowest BCUT2D eigenvalue weighted by atomic mass is 10.0. The van der Waals surface area contributed by atoms with Crippen LogP contribution in [0.2, 0.25) is 0 Å². The molecule has 3 rings (SSSR count). The fourth-order valence-corrected chi connectivity index (χ4v) is 4.19. The van der Waals surface area contributed by atoms with Gasteiger partial charge in [0.25, 0.3) is 0 Å². The highest BCUT2D eigenvalue weighted by atomic mass is 127. The monoisotopic (exact) mass is 485 g/mol. The maximum Gasteiger partial charge on any atom is 0.191 e. The third-order valence-electron chi connectivity index (χ3n) is 5.89. The number of hydrogen-bond acceptors (Lipinski definition) is 3. The van der Waals surface area contributed by atoms with E-state index in [4.69, 9.17) is 0 Å². The van der Waals surface area contributed by atoms with Gasteiger partial charge in [0.15, 0.2) is 5.96 Å². The van der Waals surface area contributed by atoms with Gasteiger partial charge in [-0.3, -0.25) is 4.99 Å². The average Bonchev–Trinajstić information content (AvgIpc) is 3.23. The lowest BCUT2D eigenvalue weighted by molar-refractivity contribution is 0.249. The molecule has 1 heterocycles. The molecule has 0 aromatic heterocycles. The zero-order valence-corrected chi connectivity index (χ0v) is 19.2. The number of rotatable bonds is 6. The quantitative estimate of drug-likeness (QED) is 0.369. The molecule has 1 aromatic carbocycles. The predicted octanol–water partition coefficient (Wildman–Crippen LogP) is 3.31. The Balaban J connectivity index is 0.00000261. The number of guanidine groups is 1. The van der Waals surface area contributed by atoms with Crippen LogP contribution in [-0.2, 0) is 0 Å². The summed E-state index contributed by atoms with van der Waals surface area (Å²) in [5.41, 5.74) is 1.34. The van der Waals surface area contributed by atoms with Crippen LogP contribution in [-0.4, -0.2) is 63.2 Å². The van der Waals surface area contributed by atoms with Crippen LogP contribution in [0.4, 0.5) is 5.69 Å². The summed E-state index contributed by atoms with van der Waals surface area (Å²) in [6.07, 6.45) is 7.82. The summed E-state index contributed by atoms with van der Waals surface area (Å²) < 4.78 is 0. The van der Waals surface area contributed by atoms with Crippen molar-refractivity contribution in [1.29, 1.82) is 0 Å². The van der Waals surface area contributed by atoms with Crippen molar-refractivity contribution in [3.63, 3.8) is 0 Å². The molecule has 6 heteroatoms. The summed E-state index contributed by atoms with van der Waals surface area (Å²) in [6.45, 7) is 4.24. The highest BCUT2D eigenvalue weighted by molar-refractivity contribution is 14.0. The van der Waals surface area contributed by atoms with E-state index >= 15 is 0 Å². The number of benzene rings is 1. The van der Waals surface area contributed by atoms with Crippen molar-refractivity contribution in [2.45, 2.75) is 50.6 Å². The first kappa shape index (κ1) is 22.3. The molecule has 1 aliphatic heterocycles. The number of nitrogens with zero attached hydrogens (tertiary/aromatic N) is 3. The van der Waals surface area contributed by atoms with Crippen LogP contribution in [0.15, 0.2) is 35.3 Å². The molecule has 1 saturated heterocycles. The number of hydrogen-bond donors (Lipinski definition) is 2. The first-order valence-electron chi connectivity index (χ1n) is 10.2. The molecule has 0 unspecified atom stereocenters. The van der Waals surface area contributed by atoms with Crippen molar-refractivity contribution in [2.24, 2.45) is 4.99 Å². The van der Waals surface area contributed by atoms with Gasteiger partial charge >= 0.3 is 0 Å². The largest absolute Gasteiger partial charge is 0.371 e. The second-order valence-electron chi connectivity index (χ2n) is 7.66. The summed E-state index contributed by atoms with van der Waals surface area (Å²) in [7, 11) is 4.13. The van der Waals surface area contributed by atoms with Gasteiger partial charge in [-0.25, -0.2) is 0 Å². The number of piperidine rings is 1. The third-order valence-corrected chi connectivity index (χ3v) is 5.89. The number of anilines is 1. The van der Waals surface area contributed by atoms with E-state index in [9.17, 15) is 0 Å². The van der Waals surface area contributed by atoms with E-state index in [1.54, 1.807) is 0 Å². The molecule has 152 valence electrons. The van der Waals surface area contributed by atoms with Crippen LogP contribution in [0.5, 0.6) is 0 Å². The smallest absolute Gasteiger partial charge is 0.191 e. The number of likely N-dealkylation sites (N-methyl/N-ethyl adjacent to an activating group) is 1. The Morgan fingerprint density at radius 2 is 1.78 bits per heavy atom. The molecule has 0 atom stereocenters. The second-order valence-corrected chi connectivity index (χ2v) is 7.66. The topological polar surface area (TPSA) is 42.9 Å². The van der Waals surface area contributed by atoms with Crippen LogP contribution in [0.25, 0.3) is 0 Å². The average molecular weight is 485 g/mol. The van der Waals surface area contributed by atoms with Crippen molar-refractivity contribution < 1.29 is 0 Å². The fourth-order valence-electron chi connectivity index (χ4n) is 4.19. The maximum absolute atomic E-state index is 4.42. The molecule has 1 aliphatic carbocycles. The van der Waals surface area contributed by atoms with Crippen LogP contribution in [0, 0.1) is 0 Å². The Morgan fingerprint density at radius 1 is 1.11 bits per heavy atom. The number of halogens is 1. The van der Waals surface area contributed by atoms with Gasteiger partial charge < -0.3 is 20.4 Å². The van der Waals surface area contributed by atoms with Crippen molar-refractivity contribution >= 4 is 35.6 Å². The van der Waals surface area contributed by atoms with Crippen LogP contribution < -0.4 is 15.5 Å². The highest BCUT2D eigenvalue weighted by Crippen LogP contribution is 2.22. The van der Waals surface area contributed by atoms with E-state index in [0.717, 1.165) is 51.0 Å². The summed E-state index contributed by atoms with van der Waals surface area (Å²) in [6, 6.07) is 12.0. The number of aliphatic imine (C=N–C) groups is 1. The normalized spacial score (nSPS) is 19.2. The molecule has 2 N–H and O–H groups in total. The molecule has 1 aromatic rings. The zero-order chi connectivity index (χ0) is 18.2. The van der Waals surface area contributed by atoms with Crippen LogP contribution in [0.3, 0.4) is 0 Å². The number of para-hydroxylation sites is 1. The minimum Gasteiger partial charge on any atom is -0.371 e. The first-order valence-corrected chi connectivity index (χ1v) is 10.2. The maximum atomic E-state index is 4.42. The van der Waals surface area contributed by atoms with Gasteiger partial charge in [-0.15, -0.1) is 24.0 Å². The molecule has 0 bridgehead atoms. The van der Waals surface area contributed by atoms with Gasteiger partial charge in [-0.05, 0) is 44.9 Å². The van der Waals surface area contributed by atoms with Gasteiger partial charge in [-0.2, -0.15) is 0 Å². The number of nitrogens with one attached hydrogen (secondary N) is 2. The molecule has 27 heavy (non-hydrogen) atoms. The highest BCUT2D eigenvalue weighted by Gasteiger charge is 2.21. The molecule has 1 saturated carbocycles. The van der Waals surface area contributed by atoms with E-state index < -0.39 is 0 Å². The molecule has 0 spiro atoms. The van der Waals surface area contributed by atoms with E-state index in [1.165, 1.54) is 31.4 Å². The van der Waals surface area contributed by atoms with Gasteiger partial charge in [0, 0.05) is 51.0 Å². The summed E-state index contributed by atoms with van der Waals surface area (Å²) >= 11 is 0. The second kappa shape index (κ2) is 11.7. The molecule has 0 amide bonds. The summed E-state index contributed by atoms with van der Waals surface area (Å²) in [4.78, 5) is 9.40. The van der Waals surface area contributed by atoms with Crippen molar-refractivity contribution in [3.8, 4) is 0 Å². The van der Waals surface area contributed by atoms with Gasteiger partial charge in [0.1, 0.15) is 0 Å². The minimum absolute atomic E-state index is 0. The van der Waals surface area contributed by atoms with Crippen molar-refractivity contribution in [1.82, 2.24) is 15.5 Å². The minimum atomic E-state index is 0. The Labute approximate surface area is 182 Å². The molecule has 2 fully saturated rings. The molecule has 0 radical (unpaired) electrons. The van der Waals surface area contributed by atoms with Gasteiger partial charge in [-0.1, -0.05) is 31.0 Å². The summed E-state index contributed by atoms with van der Waals surface area (Å²) in [5, 5.41) is 7.11. The first-order chi connectivity index (χ1) is 12.8. The van der Waals surface area contributed by atoms with Crippen molar-refractivity contribution in [2.75, 3.05) is 45.2 Å². The molecule has 5 nitrogen and oxygen atoms in total. The third kappa shape index (κ3) is 6.82. The zero-order valence-electron chi connectivity index (χ0n) is 16.9. The SMILES string of the molecule is CN=C(NCCN(C)C1CCCC1)NC1CCN(c2ccccc2)CC1.I. The molecular weight excluding hydrogens is 449 g/mol. The lowest BCUT2D eigenvalue weighted by Crippen LogP contribution is -2.50. The Bertz CT molecular complexity index is 551. The standard InChI is InChI=1S/C21H35N5.HI/c1-22-21(23-14-17-25(2)19-8-6-7-9-19)24-18-12-15-26(16-13-18)20-10-4-3-5-11-20;/h3-5,10-11,18-19H,6-9,12-17H2,1-2H3,(H2,22,23,24);1H. The molecule has 2 aliphatic rings. The van der Waals surface area contributed by atoms with E-state index in [0.29, 0.717) is 6.04 Å². The van der Waals surface area contributed by atoms with Crippen molar-refractivity contribution in [3.05, 3.63) is 30.3 Å². The molecular formula is C21H36IN5. The predicted molar refractivity (Wildman–Crippen MR) is 126 cm³/mol. The van der Waals surface area contributed by atoms with E-state index in [1.807, 2.05) is 7.05 Å². The Kier molecular flexibility index (Phi) is 9.68. The van der Waals surface area contributed by atoms with Crippen LogP contribution in [0.1, 0.15) is 38.5 Å². The fraction of sp³-hybridized carbons (Fsp3) is 0.667. The van der Waals surface area contributed by atoms with Gasteiger partial charge in [0.05, 0.1) is 0 Å². The van der Waals surface area contributed by atoms with Gasteiger partial charge in [0.2, 0.25) is 0 Å². The van der Waals surface area contributed by atoms with Crippen LogP contribution >= 0.6 is 24.0 Å². The Hall–Kier alpha value is -1.02. The van der Waals surface area contributed by atoms with E-state index in [-0.39, 0.29) is 24.0 Å². The van der Waals surface area contributed by atoms with E-state index in [2.05, 4.69) is 62.8 Å². The summed E-state index contributed by atoms with van der Waals surface area (Å²) in [5.74, 6) is 0.947. The Morgan fingerprint density at radius 3 is 2.41 bits per heavy atom.